The summed E-state index contributed by atoms with van der Waals surface area (Å²) < 4.78 is 13.2. The predicted octanol–water partition coefficient (Wildman–Crippen LogP) is 4.76. The summed E-state index contributed by atoms with van der Waals surface area (Å²) in [5.41, 5.74) is 0.175. The van der Waals surface area contributed by atoms with Crippen LogP contribution in [0.2, 0.25) is 0 Å². The molecule has 5 atom stereocenters. The summed E-state index contributed by atoms with van der Waals surface area (Å²) >= 11 is 0. The second-order valence-electron chi connectivity index (χ2n) is 11.6. The van der Waals surface area contributed by atoms with Gasteiger partial charge < -0.3 is 24.6 Å². The molecule has 7 nitrogen and oxygen atoms in total. The minimum atomic E-state index is -1.33. The molecule has 5 aliphatic rings. The summed E-state index contributed by atoms with van der Waals surface area (Å²) in [6.07, 6.45) is 6.25. The predicted molar refractivity (Wildman–Crippen MR) is 145 cm³/mol. The van der Waals surface area contributed by atoms with Crippen LogP contribution in [0.15, 0.2) is 41.0 Å². The van der Waals surface area contributed by atoms with Crippen molar-refractivity contribution in [2.24, 2.45) is 17.8 Å². The first kappa shape index (κ1) is 26.7. The number of Topliss-reactive ketones (excluding diaryl/α,β-unsaturated/α-hetero) is 2. The van der Waals surface area contributed by atoms with Crippen molar-refractivity contribution in [1.29, 1.82) is 0 Å². The van der Waals surface area contributed by atoms with Crippen LogP contribution in [-0.2, 0) is 16.0 Å². The van der Waals surface area contributed by atoms with Crippen LogP contribution in [0.3, 0.4) is 0 Å². The second kappa shape index (κ2) is 9.38. The smallest absolute Gasteiger partial charge is 0.200 e. The Morgan fingerprint density at radius 2 is 1.79 bits per heavy atom. The number of allylic oxidation sites excluding steroid dienone is 4. The number of rotatable bonds is 8. The van der Waals surface area contributed by atoms with Gasteiger partial charge in [0.25, 0.3) is 0 Å². The number of ether oxygens (including phenoxy) is 2. The lowest BCUT2D eigenvalue weighted by Crippen LogP contribution is -2.74. The number of nitrogens with zero attached hydrogens (tertiary/aromatic N) is 1. The van der Waals surface area contributed by atoms with Crippen LogP contribution < -0.4 is 4.74 Å². The topological polar surface area (TPSA) is 96.3 Å². The number of hydrogen-bond acceptors (Lipinski definition) is 7. The summed E-state index contributed by atoms with van der Waals surface area (Å²) in [4.78, 5) is 30.7. The monoisotopic (exact) mass is 521 g/mol. The molecular weight excluding hydrogens is 482 g/mol. The van der Waals surface area contributed by atoms with Crippen LogP contribution in [0.25, 0.3) is 0 Å². The van der Waals surface area contributed by atoms with E-state index in [2.05, 4.69) is 18.7 Å². The molecule has 1 unspecified atom stereocenters. The number of phenols is 2. The molecule has 2 fully saturated rings. The van der Waals surface area contributed by atoms with E-state index in [1.807, 2.05) is 39.8 Å². The maximum atomic E-state index is 14.2. The number of phenolic OH excluding ortho intramolecular Hbond substituents is 2. The molecule has 38 heavy (non-hydrogen) atoms. The van der Waals surface area contributed by atoms with Gasteiger partial charge in [-0.3, -0.25) is 9.59 Å². The van der Waals surface area contributed by atoms with Crippen LogP contribution in [-0.4, -0.2) is 64.1 Å². The summed E-state index contributed by atoms with van der Waals surface area (Å²) in [5, 5.41) is 22.1. The van der Waals surface area contributed by atoms with Gasteiger partial charge >= 0.3 is 0 Å². The van der Waals surface area contributed by atoms with Crippen molar-refractivity contribution in [3.63, 3.8) is 0 Å². The van der Waals surface area contributed by atoms with Crippen LogP contribution in [0, 0.1) is 17.8 Å². The zero-order valence-electron chi connectivity index (χ0n) is 23.3. The van der Waals surface area contributed by atoms with Crippen molar-refractivity contribution in [2.75, 3.05) is 26.2 Å². The molecule has 0 aromatic heterocycles. The third kappa shape index (κ3) is 3.54. The Bertz CT molecular complexity index is 1280. The van der Waals surface area contributed by atoms with E-state index in [1.54, 1.807) is 6.08 Å². The standard InChI is InChI=1S/C31H39NO6/c1-7-32(8-2)15-21-20-13-22-28(35)26-25(14-24(33)19(27(26)34)10-9-17(3)4)38-31(22)23(21)16-37-30(31,29(20)36)12-11-18(5)6/h9,11,13-14,20-21,23,33-34H,7-8,10,12,15-16H2,1-6H3/t20-,21+,23-,30?,31-/m1/s1. The van der Waals surface area contributed by atoms with E-state index in [0.29, 0.717) is 25.1 Å². The Morgan fingerprint density at radius 3 is 2.42 bits per heavy atom. The minimum absolute atomic E-state index is 0.0467. The Kier molecular flexibility index (Phi) is 6.59. The summed E-state index contributed by atoms with van der Waals surface area (Å²) in [6, 6.07) is 1.42. The van der Waals surface area contributed by atoms with Crippen molar-refractivity contribution < 1.29 is 29.3 Å². The van der Waals surface area contributed by atoms with Crippen molar-refractivity contribution >= 4 is 11.6 Å². The number of carbonyl (C=O) groups is 2. The molecule has 1 saturated carbocycles. The number of carbonyl (C=O) groups excluding carboxylic acids is 2. The normalized spacial score (nSPS) is 30.5. The Morgan fingerprint density at radius 1 is 1.11 bits per heavy atom. The molecule has 1 spiro atoms. The highest BCUT2D eigenvalue weighted by Crippen LogP contribution is 2.65. The molecule has 3 aliphatic carbocycles. The van der Waals surface area contributed by atoms with Gasteiger partial charge in [0.1, 0.15) is 22.8 Å². The Hall–Kier alpha value is -2.90. The van der Waals surface area contributed by atoms with Gasteiger partial charge in [0.2, 0.25) is 0 Å². The highest BCUT2D eigenvalue weighted by atomic mass is 16.6. The van der Waals surface area contributed by atoms with Crippen molar-refractivity contribution in [2.45, 2.75) is 65.6 Å². The van der Waals surface area contributed by atoms with Crippen molar-refractivity contribution in [3.8, 4) is 17.2 Å². The summed E-state index contributed by atoms with van der Waals surface area (Å²) in [6.45, 7) is 14.7. The third-order valence-electron chi connectivity index (χ3n) is 9.02. The van der Waals surface area contributed by atoms with E-state index in [1.165, 1.54) is 6.07 Å². The minimum Gasteiger partial charge on any atom is -0.507 e. The van der Waals surface area contributed by atoms with E-state index in [-0.39, 0.29) is 58.2 Å². The number of ketones is 2. The van der Waals surface area contributed by atoms with Gasteiger partial charge in [0, 0.05) is 42.0 Å². The van der Waals surface area contributed by atoms with E-state index >= 15 is 0 Å². The molecule has 204 valence electrons. The molecule has 4 bridgehead atoms. The van der Waals surface area contributed by atoms with Gasteiger partial charge in [0.15, 0.2) is 22.8 Å². The fourth-order valence-electron chi connectivity index (χ4n) is 6.99. The van der Waals surface area contributed by atoms with Gasteiger partial charge in [-0.2, -0.15) is 0 Å². The maximum absolute atomic E-state index is 14.2. The molecule has 1 aromatic carbocycles. The van der Waals surface area contributed by atoms with Gasteiger partial charge in [0.05, 0.1) is 6.61 Å². The number of benzene rings is 1. The Balaban J connectivity index is 1.70. The molecule has 2 aliphatic heterocycles. The third-order valence-corrected chi connectivity index (χ3v) is 9.02. The van der Waals surface area contributed by atoms with E-state index < -0.39 is 17.1 Å². The van der Waals surface area contributed by atoms with Crippen LogP contribution in [0.5, 0.6) is 17.2 Å². The molecule has 0 radical (unpaired) electrons. The fourth-order valence-corrected chi connectivity index (χ4v) is 6.99. The molecule has 1 saturated heterocycles. The summed E-state index contributed by atoms with van der Waals surface area (Å²) in [5.74, 6) is -1.45. The fraction of sp³-hybridized carbons (Fsp3) is 0.548. The van der Waals surface area contributed by atoms with E-state index in [4.69, 9.17) is 9.47 Å². The lowest BCUT2D eigenvalue weighted by molar-refractivity contribution is -0.171. The molecule has 2 heterocycles. The quantitative estimate of drug-likeness (QED) is 0.476. The van der Waals surface area contributed by atoms with Gasteiger partial charge in [-0.05, 0) is 53.1 Å². The van der Waals surface area contributed by atoms with E-state index in [0.717, 1.165) is 24.2 Å². The zero-order chi connectivity index (χ0) is 27.6. The zero-order valence-corrected chi connectivity index (χ0v) is 23.3. The average Bonchev–Trinajstić information content (AvgIpc) is 3.14. The highest BCUT2D eigenvalue weighted by molar-refractivity contribution is 6.18. The second-order valence-corrected chi connectivity index (χ2v) is 11.6. The van der Waals surface area contributed by atoms with E-state index in [9.17, 15) is 19.8 Å². The highest BCUT2D eigenvalue weighted by Gasteiger charge is 2.79. The largest absolute Gasteiger partial charge is 0.507 e. The average molecular weight is 522 g/mol. The lowest BCUT2D eigenvalue weighted by Gasteiger charge is -2.58. The molecule has 2 N–H and O–H groups in total. The molecule has 7 heteroatoms. The van der Waals surface area contributed by atoms with Gasteiger partial charge in [-0.15, -0.1) is 0 Å². The number of fused-ring (bicyclic) bond motifs is 1. The summed E-state index contributed by atoms with van der Waals surface area (Å²) in [7, 11) is 0. The first-order chi connectivity index (χ1) is 18.0. The van der Waals surface area contributed by atoms with Crippen LogP contribution in [0.4, 0.5) is 0 Å². The SMILES string of the molecule is CCN(CC)C[C@@H]1[C@H]2COC3(CC=C(C)C)C(=O)[C@@H]1C=C1C(=O)c4c(cc(O)c(CC=C(C)C)c4O)O[C@]123. The Labute approximate surface area is 224 Å². The molecule has 1 aromatic rings. The number of hydrogen-bond donors (Lipinski definition) is 2. The molecular formula is C31H39NO6. The van der Waals surface area contributed by atoms with Crippen LogP contribution >= 0.6 is 0 Å². The van der Waals surface area contributed by atoms with Crippen molar-refractivity contribution in [1.82, 2.24) is 4.90 Å². The maximum Gasteiger partial charge on any atom is 0.200 e. The molecule has 0 amide bonds. The van der Waals surface area contributed by atoms with Gasteiger partial charge in [-0.1, -0.05) is 43.2 Å². The molecule has 6 rings (SSSR count). The van der Waals surface area contributed by atoms with Crippen molar-refractivity contribution in [3.05, 3.63) is 52.1 Å². The lowest BCUT2D eigenvalue weighted by atomic mass is 9.49. The first-order valence-electron chi connectivity index (χ1n) is 13.7. The number of aromatic hydroxyl groups is 2. The van der Waals surface area contributed by atoms with Gasteiger partial charge in [-0.25, -0.2) is 0 Å². The van der Waals surface area contributed by atoms with Crippen LogP contribution in [0.1, 0.15) is 63.9 Å². The first-order valence-corrected chi connectivity index (χ1v) is 13.7.